The topological polar surface area (TPSA) is 127 Å². The third-order valence-corrected chi connectivity index (χ3v) is 4.89. The van der Waals surface area contributed by atoms with Crippen LogP contribution in [-0.4, -0.2) is 27.4 Å². The number of pyridine rings is 1. The van der Waals surface area contributed by atoms with E-state index in [0.29, 0.717) is 22.6 Å². The molecular weight excluding hydrogens is 404 g/mol. The van der Waals surface area contributed by atoms with Crippen LogP contribution in [0.15, 0.2) is 59.7 Å². The molecule has 2 heterocycles. The average Bonchev–Trinajstić information content (AvgIpc) is 2.79. The Bertz CT molecular complexity index is 1260. The maximum atomic E-state index is 12.9. The second-order valence-corrected chi connectivity index (χ2v) is 7.24. The standard InChI is InChI=1S/C24H24N6O2.H2/c1-16-24(22(31)12-20(26)18-6-4-17(5-7-18)13-27-2)29-21(14-28-16)19-8-9-23(32)30(15-19)11-3-10-25;/h4-9,12,14-15,27H,3,11,13,26H2,1-2H3;1H. The van der Waals surface area contributed by atoms with Crippen LogP contribution in [-0.2, 0) is 13.1 Å². The summed E-state index contributed by atoms with van der Waals surface area (Å²) in [4.78, 5) is 33.7. The van der Waals surface area contributed by atoms with Crippen LogP contribution in [0.5, 0.6) is 0 Å². The number of allylic oxidation sites excluding steroid dienone is 1. The lowest BCUT2D eigenvalue weighted by atomic mass is 10.1. The summed E-state index contributed by atoms with van der Waals surface area (Å²) in [5.41, 5.74) is 9.87. The van der Waals surface area contributed by atoms with E-state index in [1.54, 1.807) is 25.4 Å². The van der Waals surface area contributed by atoms with Crippen molar-refractivity contribution in [3.63, 3.8) is 0 Å². The molecule has 2 aromatic heterocycles. The van der Waals surface area contributed by atoms with Gasteiger partial charge in [-0.2, -0.15) is 5.26 Å². The SMILES string of the molecule is CNCc1ccc(C(N)=CC(=O)c2nc(-c3ccc(=O)n(CCC#N)c3)cnc2C)cc1.[HH]. The number of nitrogens with zero attached hydrogens (tertiary/aromatic N) is 4. The molecule has 1 aromatic carbocycles. The summed E-state index contributed by atoms with van der Waals surface area (Å²) < 4.78 is 1.44. The molecule has 164 valence electrons. The molecular formula is C24H26N6O2. The Hall–Kier alpha value is -4.09. The van der Waals surface area contributed by atoms with E-state index in [0.717, 1.165) is 17.7 Å². The van der Waals surface area contributed by atoms with Crippen molar-refractivity contribution in [2.45, 2.75) is 26.4 Å². The lowest BCUT2D eigenvalue weighted by molar-refractivity contribution is 0.104. The Balaban J connectivity index is 0.00000385. The Morgan fingerprint density at radius 1 is 1.28 bits per heavy atom. The molecule has 0 spiro atoms. The molecule has 0 radical (unpaired) electrons. The number of benzene rings is 1. The quantitative estimate of drug-likeness (QED) is 0.415. The number of aromatic nitrogens is 3. The number of aryl methyl sites for hydroxylation is 2. The lowest BCUT2D eigenvalue weighted by Gasteiger charge is -2.09. The maximum absolute atomic E-state index is 12.9. The van der Waals surface area contributed by atoms with E-state index in [-0.39, 0.29) is 31.4 Å². The van der Waals surface area contributed by atoms with Crippen molar-refractivity contribution in [2.75, 3.05) is 7.05 Å². The minimum Gasteiger partial charge on any atom is -0.398 e. The molecule has 0 amide bonds. The van der Waals surface area contributed by atoms with Crippen LogP contribution in [0, 0.1) is 18.3 Å². The molecule has 0 fully saturated rings. The molecule has 0 saturated carbocycles. The molecule has 8 nitrogen and oxygen atoms in total. The number of hydrogen-bond donors (Lipinski definition) is 2. The van der Waals surface area contributed by atoms with E-state index < -0.39 is 0 Å². The van der Waals surface area contributed by atoms with Gasteiger partial charge in [-0.1, -0.05) is 24.3 Å². The van der Waals surface area contributed by atoms with E-state index in [2.05, 4.69) is 15.3 Å². The first-order chi connectivity index (χ1) is 15.4. The highest BCUT2D eigenvalue weighted by Gasteiger charge is 2.14. The summed E-state index contributed by atoms with van der Waals surface area (Å²) in [7, 11) is 1.87. The smallest absolute Gasteiger partial charge is 0.250 e. The van der Waals surface area contributed by atoms with E-state index in [4.69, 9.17) is 11.0 Å². The maximum Gasteiger partial charge on any atom is 0.250 e. The Labute approximate surface area is 187 Å². The van der Waals surface area contributed by atoms with Crippen LogP contribution < -0.4 is 16.6 Å². The minimum atomic E-state index is -0.355. The second-order valence-electron chi connectivity index (χ2n) is 7.24. The molecule has 3 aromatic rings. The Morgan fingerprint density at radius 3 is 2.72 bits per heavy atom. The Morgan fingerprint density at radius 2 is 2.03 bits per heavy atom. The third-order valence-electron chi connectivity index (χ3n) is 4.89. The zero-order chi connectivity index (χ0) is 23.1. The van der Waals surface area contributed by atoms with Gasteiger partial charge in [-0.15, -0.1) is 0 Å². The molecule has 0 aliphatic rings. The zero-order valence-electron chi connectivity index (χ0n) is 18.0. The number of rotatable bonds is 8. The number of ketones is 1. The zero-order valence-corrected chi connectivity index (χ0v) is 18.0. The highest BCUT2D eigenvalue weighted by Crippen LogP contribution is 2.18. The highest BCUT2D eigenvalue weighted by atomic mass is 16.1. The van der Waals surface area contributed by atoms with Crippen LogP contribution >= 0.6 is 0 Å². The molecule has 0 saturated heterocycles. The fourth-order valence-electron chi connectivity index (χ4n) is 3.16. The van der Waals surface area contributed by atoms with Crippen LogP contribution in [0.4, 0.5) is 0 Å². The monoisotopic (exact) mass is 430 g/mol. The largest absolute Gasteiger partial charge is 0.398 e. The van der Waals surface area contributed by atoms with Gasteiger partial charge in [0.2, 0.25) is 5.78 Å². The first-order valence-electron chi connectivity index (χ1n) is 10.1. The van der Waals surface area contributed by atoms with Gasteiger partial charge in [-0.3, -0.25) is 14.6 Å². The van der Waals surface area contributed by atoms with Crippen molar-refractivity contribution in [2.24, 2.45) is 5.73 Å². The molecule has 8 heteroatoms. The second kappa shape index (κ2) is 10.3. The fraction of sp³-hybridized carbons (Fsp3) is 0.208. The van der Waals surface area contributed by atoms with Crippen LogP contribution in [0.2, 0.25) is 0 Å². The van der Waals surface area contributed by atoms with Gasteiger partial charge in [0.25, 0.3) is 5.56 Å². The van der Waals surface area contributed by atoms with Crippen molar-refractivity contribution in [3.05, 3.63) is 87.7 Å². The lowest BCUT2D eigenvalue weighted by Crippen LogP contribution is -2.18. The van der Waals surface area contributed by atoms with Gasteiger partial charge >= 0.3 is 0 Å². The first-order valence-corrected chi connectivity index (χ1v) is 10.1. The number of nitrogens with two attached hydrogens (primary N) is 1. The predicted octanol–water partition coefficient (Wildman–Crippen LogP) is 2.68. The van der Waals surface area contributed by atoms with Crippen LogP contribution in [0.25, 0.3) is 17.0 Å². The van der Waals surface area contributed by atoms with Gasteiger partial charge in [-0.05, 0) is 31.2 Å². The van der Waals surface area contributed by atoms with Crippen LogP contribution in [0.1, 0.15) is 35.2 Å². The van der Waals surface area contributed by atoms with Gasteiger partial charge in [0, 0.05) is 44.1 Å². The van der Waals surface area contributed by atoms with Crippen molar-refractivity contribution < 1.29 is 6.22 Å². The van der Waals surface area contributed by atoms with Crippen molar-refractivity contribution in [1.29, 1.82) is 5.26 Å². The molecule has 0 bridgehead atoms. The van der Waals surface area contributed by atoms with E-state index in [1.807, 2.05) is 37.4 Å². The van der Waals surface area contributed by atoms with Gasteiger partial charge in [0.15, 0.2) is 0 Å². The van der Waals surface area contributed by atoms with Gasteiger partial charge < -0.3 is 15.6 Å². The number of carbonyl (C=O) groups excluding carboxylic acids is 1. The summed E-state index contributed by atoms with van der Waals surface area (Å²) in [6.45, 7) is 2.73. The van der Waals surface area contributed by atoms with Gasteiger partial charge in [0.1, 0.15) is 5.69 Å². The van der Waals surface area contributed by atoms with E-state index >= 15 is 0 Å². The van der Waals surface area contributed by atoms with E-state index in [1.165, 1.54) is 16.7 Å². The predicted molar refractivity (Wildman–Crippen MR) is 125 cm³/mol. The molecule has 3 N–H and O–H groups in total. The summed E-state index contributed by atoms with van der Waals surface area (Å²) in [6, 6.07) is 12.7. The normalized spacial score (nSPS) is 11.2. The number of carbonyl (C=O) groups is 1. The molecule has 0 aliphatic carbocycles. The first kappa shape index (κ1) is 22.6. The molecule has 0 atom stereocenters. The summed E-state index contributed by atoms with van der Waals surface area (Å²) in [5, 5.41) is 11.9. The molecule has 0 unspecified atom stereocenters. The van der Waals surface area contributed by atoms with Crippen molar-refractivity contribution in [3.8, 4) is 17.3 Å². The third kappa shape index (κ3) is 5.33. The minimum absolute atomic E-state index is 0. The average molecular weight is 431 g/mol. The highest BCUT2D eigenvalue weighted by molar-refractivity contribution is 6.07. The van der Waals surface area contributed by atoms with E-state index in [9.17, 15) is 9.59 Å². The van der Waals surface area contributed by atoms with Gasteiger partial charge in [0.05, 0.1) is 30.1 Å². The van der Waals surface area contributed by atoms with Crippen molar-refractivity contribution in [1.82, 2.24) is 19.9 Å². The van der Waals surface area contributed by atoms with Crippen molar-refractivity contribution >= 4 is 11.5 Å². The molecule has 0 aliphatic heterocycles. The summed E-state index contributed by atoms with van der Waals surface area (Å²) in [5.74, 6) is -0.355. The number of nitrogens with one attached hydrogen (secondary N) is 1. The Kier molecular flexibility index (Phi) is 7.26. The summed E-state index contributed by atoms with van der Waals surface area (Å²) >= 11 is 0. The summed E-state index contributed by atoms with van der Waals surface area (Å²) in [6.07, 6.45) is 4.73. The molecule has 32 heavy (non-hydrogen) atoms. The fourth-order valence-corrected chi connectivity index (χ4v) is 3.16. The number of hydrogen-bond acceptors (Lipinski definition) is 7. The van der Waals surface area contributed by atoms with Crippen LogP contribution in [0.3, 0.4) is 0 Å². The number of nitriles is 1. The molecule has 3 rings (SSSR count). The van der Waals surface area contributed by atoms with Gasteiger partial charge in [-0.25, -0.2) is 4.98 Å².